The van der Waals surface area contributed by atoms with Gasteiger partial charge < -0.3 is 10.2 Å². The quantitative estimate of drug-likeness (QED) is 0.647. The first kappa shape index (κ1) is 8.87. The van der Waals surface area contributed by atoms with Crippen LogP contribution in [-0.4, -0.2) is 16.5 Å². The summed E-state index contributed by atoms with van der Waals surface area (Å²) in [4.78, 5) is 10.5. The molecule has 3 nitrogen and oxygen atoms in total. The van der Waals surface area contributed by atoms with Gasteiger partial charge in [0.25, 0.3) is 0 Å². The number of aromatic amines is 2. The highest BCUT2D eigenvalue weighted by atomic mass is 35.5. The smallest absolute Gasteiger partial charge is 0.151 e. The van der Waals surface area contributed by atoms with E-state index in [9.17, 15) is 4.79 Å². The summed E-state index contributed by atoms with van der Waals surface area (Å²) >= 11 is 5.75. The first-order chi connectivity index (χ1) is 5.74. The molecule has 0 aliphatic rings. The summed E-state index contributed by atoms with van der Waals surface area (Å²) in [6.45, 7) is 1.82. The summed E-state index contributed by atoms with van der Waals surface area (Å²) in [6, 6.07) is 1.72. The van der Waals surface area contributed by atoms with Crippen LogP contribution in [0.4, 0.5) is 0 Å². The zero-order chi connectivity index (χ0) is 8.97. The average Bonchev–Trinajstić information content (AvgIpc) is 2.01. The van der Waals surface area contributed by atoms with Crippen LogP contribution in [0.2, 0.25) is 5.02 Å². The van der Waals surface area contributed by atoms with Crippen LogP contribution in [0.1, 0.15) is 15.9 Å². The van der Waals surface area contributed by atoms with Crippen molar-refractivity contribution in [3.05, 3.63) is 34.6 Å². The molecular formula is C8H9ClN2O. The molecule has 0 bridgehead atoms. The predicted molar refractivity (Wildman–Crippen MR) is 47.9 cm³/mol. The van der Waals surface area contributed by atoms with Gasteiger partial charge in [0.15, 0.2) is 6.29 Å². The van der Waals surface area contributed by atoms with Crippen molar-refractivity contribution >= 4 is 17.9 Å². The highest BCUT2D eigenvalue weighted by Crippen LogP contribution is 2.07. The van der Waals surface area contributed by atoms with Gasteiger partial charge in [0, 0.05) is 18.0 Å². The Morgan fingerprint density at radius 2 is 2.08 bits per heavy atom. The summed E-state index contributed by atoms with van der Waals surface area (Å²) in [5, 5.41) is 5.95. The van der Waals surface area contributed by atoms with E-state index in [4.69, 9.17) is 11.6 Å². The van der Waals surface area contributed by atoms with Crippen molar-refractivity contribution in [1.82, 2.24) is 10.2 Å². The average molecular weight is 185 g/mol. The molecule has 12 heavy (non-hydrogen) atoms. The Balaban J connectivity index is 3.36. The molecule has 64 valence electrons. The van der Waals surface area contributed by atoms with Crippen LogP contribution in [-0.2, 0) is 0 Å². The van der Waals surface area contributed by atoms with Crippen LogP contribution >= 0.6 is 11.6 Å². The van der Waals surface area contributed by atoms with Gasteiger partial charge in [0.2, 0.25) is 0 Å². The van der Waals surface area contributed by atoms with Gasteiger partial charge in [-0.2, -0.15) is 0 Å². The van der Waals surface area contributed by atoms with Gasteiger partial charge >= 0.3 is 0 Å². The van der Waals surface area contributed by atoms with Crippen LogP contribution in [0.5, 0.6) is 0 Å². The number of carbonyl (C=O) groups excluding carboxylic acids is 1. The molecule has 4 heteroatoms. The first-order valence-corrected chi connectivity index (χ1v) is 3.82. The minimum atomic E-state index is 0.549. The van der Waals surface area contributed by atoms with Crippen molar-refractivity contribution in [2.24, 2.45) is 0 Å². The van der Waals surface area contributed by atoms with Crippen molar-refractivity contribution < 1.29 is 4.79 Å². The summed E-state index contributed by atoms with van der Waals surface area (Å²) in [5.74, 6) is 0. The van der Waals surface area contributed by atoms with Crippen molar-refractivity contribution in [2.45, 2.75) is 6.92 Å². The Bertz CT molecular complexity index is 326. The summed E-state index contributed by atoms with van der Waals surface area (Å²) in [6.07, 6.45) is 3.96. The Morgan fingerprint density at radius 1 is 1.42 bits per heavy atom. The molecule has 0 aliphatic carbocycles. The molecule has 1 heterocycles. The molecule has 0 unspecified atom stereocenters. The number of nitrogens with one attached hydrogen (secondary N) is 2. The number of carbonyl (C=O) groups is 1. The standard InChI is InChI=1S/C8H9ClN2O/c1-6-2-8(9)4-11-10-3-7(6)5-12/h2-5,10-11H,1H3. The van der Waals surface area contributed by atoms with Gasteiger partial charge in [0.05, 0.1) is 5.02 Å². The normalized spacial score (nSPS) is 9.17. The largest absolute Gasteiger partial charge is 0.308 e. The number of aryl methyl sites for hydroxylation is 1. The molecule has 0 fully saturated rings. The fourth-order valence-corrected chi connectivity index (χ4v) is 1.02. The fourth-order valence-electron chi connectivity index (χ4n) is 0.803. The summed E-state index contributed by atoms with van der Waals surface area (Å²) in [5.41, 5.74) is 1.41. The molecular weight excluding hydrogens is 176 g/mol. The van der Waals surface area contributed by atoms with Crippen LogP contribution in [0.25, 0.3) is 0 Å². The van der Waals surface area contributed by atoms with E-state index in [2.05, 4.69) is 10.2 Å². The lowest BCUT2D eigenvalue weighted by atomic mass is 10.2. The Kier molecular flexibility index (Phi) is 2.94. The lowest BCUT2D eigenvalue weighted by Gasteiger charge is -1.94. The maximum Gasteiger partial charge on any atom is 0.151 e. The molecule has 0 radical (unpaired) electrons. The predicted octanol–water partition coefficient (Wildman–Crippen LogP) is 2.24. The maximum atomic E-state index is 10.5. The molecule has 1 rings (SSSR count). The van der Waals surface area contributed by atoms with Gasteiger partial charge in [-0.1, -0.05) is 11.6 Å². The number of aldehydes is 1. The summed E-state index contributed by atoms with van der Waals surface area (Å²) in [7, 11) is 0. The lowest BCUT2D eigenvalue weighted by Crippen LogP contribution is -1.86. The summed E-state index contributed by atoms with van der Waals surface area (Å²) < 4.78 is 0. The van der Waals surface area contributed by atoms with E-state index in [-0.39, 0.29) is 0 Å². The number of hydrogen-bond donors (Lipinski definition) is 2. The number of halogens is 1. The van der Waals surface area contributed by atoms with Crippen molar-refractivity contribution in [3.8, 4) is 0 Å². The molecule has 0 aliphatic heterocycles. The molecule has 1 aromatic heterocycles. The third kappa shape index (κ3) is 2.13. The van der Waals surface area contributed by atoms with E-state index >= 15 is 0 Å². The van der Waals surface area contributed by atoms with Gasteiger partial charge in [-0.15, -0.1) is 0 Å². The second-order valence-electron chi connectivity index (χ2n) is 2.36. The number of rotatable bonds is 1. The minimum Gasteiger partial charge on any atom is -0.308 e. The van der Waals surface area contributed by atoms with Crippen LogP contribution < -0.4 is 0 Å². The van der Waals surface area contributed by atoms with E-state index in [1.165, 1.54) is 0 Å². The molecule has 0 atom stereocenters. The SMILES string of the molecule is Cc1cc(Cl)c[nH][nH]cc1C=O. The van der Waals surface area contributed by atoms with Gasteiger partial charge in [-0.3, -0.25) is 4.79 Å². The molecule has 0 saturated carbocycles. The molecule has 1 aromatic rings. The fraction of sp³-hybridized carbons (Fsp3) is 0.125. The highest BCUT2D eigenvalue weighted by Gasteiger charge is 1.92. The molecule has 2 N–H and O–H groups in total. The zero-order valence-electron chi connectivity index (χ0n) is 6.60. The van der Waals surface area contributed by atoms with Gasteiger partial charge in [-0.25, -0.2) is 0 Å². The number of hydrogen-bond acceptors (Lipinski definition) is 1. The van der Waals surface area contributed by atoms with Crippen LogP contribution in [0, 0.1) is 6.92 Å². The third-order valence-electron chi connectivity index (χ3n) is 1.46. The monoisotopic (exact) mass is 184 g/mol. The number of aromatic nitrogens is 2. The number of H-pyrrole nitrogens is 2. The van der Waals surface area contributed by atoms with Crippen molar-refractivity contribution in [3.63, 3.8) is 0 Å². The Morgan fingerprint density at radius 3 is 2.75 bits per heavy atom. The van der Waals surface area contributed by atoms with E-state index < -0.39 is 0 Å². The second kappa shape index (κ2) is 3.97. The molecule has 0 amide bonds. The maximum absolute atomic E-state index is 10.5. The molecule has 0 aromatic carbocycles. The highest BCUT2D eigenvalue weighted by molar-refractivity contribution is 6.30. The van der Waals surface area contributed by atoms with Gasteiger partial charge in [0.1, 0.15) is 0 Å². The Hall–Kier alpha value is -1.22. The van der Waals surface area contributed by atoms with Gasteiger partial charge in [-0.05, 0) is 18.6 Å². The van der Waals surface area contributed by atoms with Crippen LogP contribution in [0.15, 0.2) is 18.5 Å². The second-order valence-corrected chi connectivity index (χ2v) is 2.80. The van der Waals surface area contributed by atoms with E-state index in [0.717, 1.165) is 11.8 Å². The molecule has 0 spiro atoms. The first-order valence-electron chi connectivity index (χ1n) is 3.45. The van der Waals surface area contributed by atoms with Crippen molar-refractivity contribution in [1.29, 1.82) is 0 Å². The van der Waals surface area contributed by atoms with E-state index in [1.54, 1.807) is 18.5 Å². The van der Waals surface area contributed by atoms with E-state index in [0.29, 0.717) is 10.6 Å². The van der Waals surface area contributed by atoms with Crippen LogP contribution in [0.3, 0.4) is 0 Å². The zero-order valence-corrected chi connectivity index (χ0v) is 7.35. The third-order valence-corrected chi connectivity index (χ3v) is 1.68. The molecule has 0 saturated heterocycles. The Labute approximate surface area is 75.1 Å². The topological polar surface area (TPSA) is 48.6 Å². The lowest BCUT2D eigenvalue weighted by molar-refractivity contribution is 0.112. The van der Waals surface area contributed by atoms with E-state index in [1.807, 2.05) is 6.92 Å². The van der Waals surface area contributed by atoms with Crippen molar-refractivity contribution in [2.75, 3.05) is 0 Å². The minimum absolute atomic E-state index is 0.549.